The average molecular weight is 297 g/mol. The van der Waals surface area contributed by atoms with Crippen LogP contribution in [0.2, 0.25) is 0 Å². The van der Waals surface area contributed by atoms with Crippen molar-refractivity contribution in [3.8, 4) is 11.5 Å². The first-order chi connectivity index (χ1) is 10.7. The van der Waals surface area contributed by atoms with Gasteiger partial charge in [0, 0.05) is 24.7 Å². The standard InChI is InChI=1S/C18H16FNO2/c1-2-18(21)20-10-9-13-5-3-8-17(16(13)12-20)22-15-7-4-6-14(19)11-15/h2-8,11H,1,9-10,12H2. The lowest BCUT2D eigenvalue weighted by Crippen LogP contribution is -2.34. The molecule has 112 valence electrons. The topological polar surface area (TPSA) is 29.5 Å². The molecule has 0 aromatic heterocycles. The van der Waals surface area contributed by atoms with Crippen molar-refractivity contribution in [1.29, 1.82) is 0 Å². The Bertz CT molecular complexity index is 727. The summed E-state index contributed by atoms with van der Waals surface area (Å²) in [5, 5.41) is 0. The molecular weight excluding hydrogens is 281 g/mol. The highest BCUT2D eigenvalue weighted by Gasteiger charge is 2.22. The minimum absolute atomic E-state index is 0.0915. The first kappa shape index (κ1) is 14.3. The van der Waals surface area contributed by atoms with Gasteiger partial charge in [-0.1, -0.05) is 24.8 Å². The van der Waals surface area contributed by atoms with E-state index < -0.39 is 0 Å². The summed E-state index contributed by atoms with van der Waals surface area (Å²) in [6.07, 6.45) is 2.09. The summed E-state index contributed by atoms with van der Waals surface area (Å²) in [5.74, 6) is 0.669. The minimum Gasteiger partial charge on any atom is -0.457 e. The molecule has 3 nitrogen and oxygen atoms in total. The molecule has 2 aromatic carbocycles. The molecule has 0 bridgehead atoms. The van der Waals surface area contributed by atoms with Gasteiger partial charge in [0.05, 0.1) is 0 Å². The Labute approximate surface area is 128 Å². The van der Waals surface area contributed by atoms with Crippen molar-refractivity contribution in [2.45, 2.75) is 13.0 Å². The predicted octanol–water partition coefficient (Wildman–Crippen LogP) is 3.69. The van der Waals surface area contributed by atoms with Crippen LogP contribution in [0.5, 0.6) is 11.5 Å². The molecule has 0 saturated carbocycles. The molecule has 4 heteroatoms. The molecule has 0 atom stereocenters. The fraction of sp³-hybridized carbons (Fsp3) is 0.167. The lowest BCUT2D eigenvalue weighted by Gasteiger charge is -2.29. The molecule has 0 radical (unpaired) electrons. The van der Waals surface area contributed by atoms with Gasteiger partial charge in [0.2, 0.25) is 5.91 Å². The SMILES string of the molecule is C=CC(=O)N1CCc2cccc(Oc3cccc(F)c3)c2C1. The summed E-state index contributed by atoms with van der Waals surface area (Å²) in [6, 6.07) is 11.8. The number of ether oxygens (including phenoxy) is 1. The zero-order valence-corrected chi connectivity index (χ0v) is 12.1. The Hall–Kier alpha value is -2.62. The van der Waals surface area contributed by atoms with Crippen LogP contribution < -0.4 is 4.74 Å². The van der Waals surface area contributed by atoms with Gasteiger partial charge in [-0.25, -0.2) is 4.39 Å². The van der Waals surface area contributed by atoms with Crippen molar-refractivity contribution in [3.63, 3.8) is 0 Å². The fourth-order valence-corrected chi connectivity index (χ4v) is 2.62. The lowest BCUT2D eigenvalue weighted by atomic mass is 9.98. The first-order valence-electron chi connectivity index (χ1n) is 7.13. The summed E-state index contributed by atoms with van der Waals surface area (Å²) < 4.78 is 19.1. The Balaban J connectivity index is 1.90. The van der Waals surface area contributed by atoms with Crippen molar-refractivity contribution >= 4 is 5.91 Å². The van der Waals surface area contributed by atoms with Crippen molar-refractivity contribution in [2.24, 2.45) is 0 Å². The number of benzene rings is 2. The molecule has 1 amide bonds. The number of fused-ring (bicyclic) bond motifs is 1. The Morgan fingerprint density at radius 2 is 2.09 bits per heavy atom. The number of rotatable bonds is 3. The van der Waals surface area contributed by atoms with E-state index in [2.05, 4.69) is 6.58 Å². The molecule has 1 aliphatic rings. The molecule has 0 spiro atoms. The van der Waals surface area contributed by atoms with Gasteiger partial charge in [0.1, 0.15) is 17.3 Å². The Morgan fingerprint density at radius 3 is 2.86 bits per heavy atom. The highest BCUT2D eigenvalue weighted by Crippen LogP contribution is 2.31. The third-order valence-electron chi connectivity index (χ3n) is 3.74. The van der Waals surface area contributed by atoms with Crippen LogP contribution in [-0.4, -0.2) is 17.4 Å². The maximum absolute atomic E-state index is 13.3. The van der Waals surface area contributed by atoms with Crippen LogP contribution in [0.4, 0.5) is 4.39 Å². The monoisotopic (exact) mass is 297 g/mol. The molecular formula is C18H16FNO2. The molecule has 2 aromatic rings. The van der Waals surface area contributed by atoms with Gasteiger partial charge in [-0.2, -0.15) is 0 Å². The van der Waals surface area contributed by atoms with Crippen LogP contribution in [0.25, 0.3) is 0 Å². The van der Waals surface area contributed by atoms with Crippen LogP contribution in [-0.2, 0) is 17.8 Å². The van der Waals surface area contributed by atoms with Crippen molar-refractivity contribution in [2.75, 3.05) is 6.54 Å². The largest absolute Gasteiger partial charge is 0.457 e. The maximum Gasteiger partial charge on any atom is 0.246 e. The van der Waals surface area contributed by atoms with Gasteiger partial charge in [0.25, 0.3) is 0 Å². The van der Waals surface area contributed by atoms with E-state index in [-0.39, 0.29) is 11.7 Å². The van der Waals surface area contributed by atoms with E-state index in [0.717, 1.165) is 17.5 Å². The molecule has 0 N–H and O–H groups in total. The van der Waals surface area contributed by atoms with Crippen molar-refractivity contribution in [3.05, 3.63) is 72.1 Å². The van der Waals surface area contributed by atoms with Gasteiger partial charge >= 0.3 is 0 Å². The van der Waals surface area contributed by atoms with E-state index in [1.54, 1.807) is 17.0 Å². The summed E-state index contributed by atoms with van der Waals surface area (Å²) in [4.78, 5) is 13.5. The average Bonchev–Trinajstić information content (AvgIpc) is 2.54. The molecule has 1 heterocycles. The molecule has 1 aliphatic heterocycles. The van der Waals surface area contributed by atoms with Crippen molar-refractivity contribution < 1.29 is 13.9 Å². The second-order valence-corrected chi connectivity index (χ2v) is 5.17. The van der Waals surface area contributed by atoms with Gasteiger partial charge in [-0.3, -0.25) is 4.79 Å². The number of nitrogens with zero attached hydrogens (tertiary/aromatic N) is 1. The normalized spacial score (nSPS) is 13.4. The number of hydrogen-bond donors (Lipinski definition) is 0. The smallest absolute Gasteiger partial charge is 0.246 e. The summed E-state index contributed by atoms with van der Waals surface area (Å²) in [5.41, 5.74) is 2.12. The number of amides is 1. The second kappa shape index (κ2) is 6.02. The van der Waals surface area contributed by atoms with Crippen LogP contribution >= 0.6 is 0 Å². The number of hydrogen-bond acceptors (Lipinski definition) is 2. The summed E-state index contributed by atoms with van der Waals surface area (Å²) in [7, 11) is 0. The van der Waals surface area contributed by atoms with Gasteiger partial charge in [0.15, 0.2) is 0 Å². The van der Waals surface area contributed by atoms with Crippen molar-refractivity contribution in [1.82, 2.24) is 4.90 Å². The molecule has 3 rings (SSSR count). The number of halogens is 1. The van der Waals surface area contributed by atoms with Crippen LogP contribution in [0.15, 0.2) is 55.1 Å². The van der Waals surface area contributed by atoms with Gasteiger partial charge in [-0.05, 0) is 36.3 Å². The van der Waals surface area contributed by atoms with Crippen LogP contribution in [0, 0.1) is 5.82 Å². The molecule has 0 fully saturated rings. The first-order valence-corrected chi connectivity index (χ1v) is 7.13. The Kier molecular flexibility index (Phi) is 3.92. The zero-order valence-electron chi connectivity index (χ0n) is 12.1. The van der Waals surface area contributed by atoms with Crippen LogP contribution in [0.3, 0.4) is 0 Å². The third-order valence-corrected chi connectivity index (χ3v) is 3.74. The highest BCUT2D eigenvalue weighted by atomic mass is 19.1. The summed E-state index contributed by atoms with van der Waals surface area (Å²) in [6.45, 7) is 4.67. The predicted molar refractivity (Wildman–Crippen MR) is 82.2 cm³/mol. The second-order valence-electron chi connectivity index (χ2n) is 5.17. The van der Waals surface area contributed by atoms with E-state index >= 15 is 0 Å². The van der Waals surface area contributed by atoms with Crippen LogP contribution in [0.1, 0.15) is 11.1 Å². The maximum atomic E-state index is 13.3. The van der Waals surface area contributed by atoms with E-state index in [9.17, 15) is 9.18 Å². The van der Waals surface area contributed by atoms with E-state index in [0.29, 0.717) is 24.6 Å². The fourth-order valence-electron chi connectivity index (χ4n) is 2.62. The zero-order chi connectivity index (χ0) is 15.5. The molecule has 0 unspecified atom stereocenters. The minimum atomic E-state index is -0.342. The van der Waals surface area contributed by atoms with E-state index in [1.807, 2.05) is 18.2 Å². The number of carbonyl (C=O) groups is 1. The van der Waals surface area contributed by atoms with Gasteiger partial charge < -0.3 is 9.64 Å². The Morgan fingerprint density at radius 1 is 1.27 bits per heavy atom. The summed E-state index contributed by atoms with van der Waals surface area (Å²) >= 11 is 0. The molecule has 22 heavy (non-hydrogen) atoms. The number of carbonyl (C=O) groups excluding carboxylic acids is 1. The lowest BCUT2D eigenvalue weighted by molar-refractivity contribution is -0.126. The van der Waals surface area contributed by atoms with E-state index in [1.165, 1.54) is 18.2 Å². The third kappa shape index (κ3) is 2.86. The molecule has 0 aliphatic carbocycles. The quantitative estimate of drug-likeness (QED) is 0.809. The highest BCUT2D eigenvalue weighted by molar-refractivity contribution is 5.87. The van der Waals surface area contributed by atoms with E-state index in [4.69, 9.17) is 4.74 Å². The van der Waals surface area contributed by atoms with Gasteiger partial charge in [-0.15, -0.1) is 0 Å². The molecule has 0 saturated heterocycles.